The van der Waals surface area contributed by atoms with Gasteiger partial charge in [-0.05, 0) is 24.2 Å². The maximum absolute atomic E-state index is 12.4. The standard InChI is InChI=1S/C19H31N3O3/c1-18(2,3)16-12-14(21-25-16)10-13-11-15(19(13,4)5)20-17(23)22-6-8-24-9-7-22/h12-13,15H,6-11H2,1-5H3,(H,20,23)/t13-,15+/m1/s1. The Balaban J connectivity index is 1.54. The molecule has 0 aromatic carbocycles. The number of amides is 2. The van der Waals surface area contributed by atoms with Gasteiger partial charge in [-0.1, -0.05) is 39.8 Å². The first kappa shape index (κ1) is 18.2. The predicted molar refractivity (Wildman–Crippen MR) is 95.5 cm³/mol. The van der Waals surface area contributed by atoms with E-state index in [0.717, 1.165) is 24.3 Å². The van der Waals surface area contributed by atoms with E-state index in [9.17, 15) is 4.79 Å². The van der Waals surface area contributed by atoms with E-state index in [1.165, 1.54) is 0 Å². The summed E-state index contributed by atoms with van der Waals surface area (Å²) in [5, 5.41) is 7.45. The number of nitrogens with zero attached hydrogens (tertiary/aromatic N) is 2. The molecule has 2 aliphatic rings. The van der Waals surface area contributed by atoms with Crippen molar-refractivity contribution >= 4 is 6.03 Å². The van der Waals surface area contributed by atoms with Crippen LogP contribution in [0.1, 0.15) is 52.5 Å². The van der Waals surface area contributed by atoms with Gasteiger partial charge in [0, 0.05) is 30.6 Å². The van der Waals surface area contributed by atoms with E-state index in [2.05, 4.69) is 51.2 Å². The molecule has 1 aromatic heterocycles. The molecule has 1 aliphatic heterocycles. The Morgan fingerprint density at radius 3 is 2.60 bits per heavy atom. The van der Waals surface area contributed by atoms with Gasteiger partial charge >= 0.3 is 6.03 Å². The van der Waals surface area contributed by atoms with Gasteiger partial charge in [-0.15, -0.1) is 0 Å². The molecule has 2 fully saturated rings. The van der Waals surface area contributed by atoms with Crippen LogP contribution in [0.3, 0.4) is 0 Å². The van der Waals surface area contributed by atoms with Crippen LogP contribution in [-0.4, -0.2) is 48.4 Å². The van der Waals surface area contributed by atoms with Crippen molar-refractivity contribution in [1.82, 2.24) is 15.4 Å². The van der Waals surface area contributed by atoms with Gasteiger partial charge in [0.15, 0.2) is 0 Å². The Hall–Kier alpha value is -1.56. The number of morpholine rings is 1. The smallest absolute Gasteiger partial charge is 0.317 e. The summed E-state index contributed by atoms with van der Waals surface area (Å²) in [6, 6.07) is 2.33. The molecule has 140 valence electrons. The number of hydrogen-bond donors (Lipinski definition) is 1. The maximum Gasteiger partial charge on any atom is 0.317 e. The minimum atomic E-state index is -0.0188. The van der Waals surface area contributed by atoms with Crippen LogP contribution in [0.5, 0.6) is 0 Å². The largest absolute Gasteiger partial charge is 0.378 e. The summed E-state index contributed by atoms with van der Waals surface area (Å²) in [5.74, 6) is 1.43. The fourth-order valence-corrected chi connectivity index (χ4v) is 3.63. The third kappa shape index (κ3) is 3.84. The Labute approximate surface area is 150 Å². The van der Waals surface area contributed by atoms with E-state index >= 15 is 0 Å². The van der Waals surface area contributed by atoms with Crippen LogP contribution in [0.2, 0.25) is 0 Å². The Bertz CT molecular complexity index is 612. The molecule has 6 heteroatoms. The first-order valence-corrected chi connectivity index (χ1v) is 9.27. The highest BCUT2D eigenvalue weighted by Crippen LogP contribution is 2.48. The van der Waals surface area contributed by atoms with Gasteiger partial charge in [-0.3, -0.25) is 0 Å². The molecular formula is C19H31N3O3. The van der Waals surface area contributed by atoms with E-state index < -0.39 is 0 Å². The zero-order valence-electron chi connectivity index (χ0n) is 16.1. The molecule has 2 atom stereocenters. The molecule has 0 unspecified atom stereocenters. The Morgan fingerprint density at radius 2 is 2.04 bits per heavy atom. The maximum atomic E-state index is 12.4. The third-order valence-corrected chi connectivity index (χ3v) is 5.82. The number of hydrogen-bond acceptors (Lipinski definition) is 4. The summed E-state index contributed by atoms with van der Waals surface area (Å²) in [5.41, 5.74) is 1.05. The van der Waals surface area contributed by atoms with Gasteiger partial charge in [0.25, 0.3) is 0 Å². The summed E-state index contributed by atoms with van der Waals surface area (Å²) in [4.78, 5) is 14.2. The molecule has 25 heavy (non-hydrogen) atoms. The first-order chi connectivity index (χ1) is 11.7. The number of carbonyl (C=O) groups excluding carboxylic acids is 1. The lowest BCUT2D eigenvalue weighted by molar-refractivity contribution is 0.0101. The first-order valence-electron chi connectivity index (χ1n) is 9.27. The topological polar surface area (TPSA) is 67.6 Å². The highest BCUT2D eigenvalue weighted by Gasteiger charge is 2.49. The quantitative estimate of drug-likeness (QED) is 0.911. The van der Waals surface area contributed by atoms with Crippen molar-refractivity contribution in [2.45, 2.75) is 58.9 Å². The van der Waals surface area contributed by atoms with Gasteiger partial charge < -0.3 is 19.5 Å². The van der Waals surface area contributed by atoms with Crippen LogP contribution in [0.25, 0.3) is 0 Å². The molecule has 6 nitrogen and oxygen atoms in total. The molecule has 1 saturated carbocycles. The van der Waals surface area contributed by atoms with Crippen LogP contribution in [0.4, 0.5) is 4.79 Å². The van der Waals surface area contributed by atoms with Gasteiger partial charge in [-0.25, -0.2) is 4.79 Å². The molecule has 1 saturated heterocycles. The number of aromatic nitrogens is 1. The number of carbonyl (C=O) groups is 1. The van der Waals surface area contributed by atoms with E-state index in [0.29, 0.717) is 32.2 Å². The third-order valence-electron chi connectivity index (χ3n) is 5.82. The fourth-order valence-electron chi connectivity index (χ4n) is 3.63. The number of rotatable bonds is 3. The lowest BCUT2D eigenvalue weighted by Crippen LogP contribution is -2.61. The number of nitrogens with one attached hydrogen (secondary N) is 1. The van der Waals surface area contributed by atoms with Gasteiger partial charge in [-0.2, -0.15) is 0 Å². The highest BCUT2D eigenvalue weighted by atomic mass is 16.5. The SMILES string of the molecule is CC(C)(C)c1cc(C[C@@H]2C[C@H](NC(=O)N3CCOCC3)C2(C)C)no1. The summed E-state index contributed by atoms with van der Waals surface area (Å²) in [6.45, 7) is 13.5. The number of ether oxygens (including phenoxy) is 1. The van der Waals surface area contributed by atoms with Gasteiger partial charge in [0.1, 0.15) is 5.76 Å². The van der Waals surface area contributed by atoms with E-state index in [1.54, 1.807) is 0 Å². The molecule has 1 aromatic rings. The highest BCUT2D eigenvalue weighted by molar-refractivity contribution is 5.74. The van der Waals surface area contributed by atoms with E-state index in [-0.39, 0.29) is 22.9 Å². The molecule has 1 N–H and O–H groups in total. The Kier molecular flexibility index (Phi) is 4.84. The van der Waals surface area contributed by atoms with Gasteiger partial charge in [0.2, 0.25) is 0 Å². The van der Waals surface area contributed by atoms with Crippen LogP contribution in [0, 0.1) is 11.3 Å². The summed E-state index contributed by atoms with van der Waals surface area (Å²) in [7, 11) is 0. The molecule has 2 amide bonds. The van der Waals surface area contributed by atoms with Crippen molar-refractivity contribution in [2.75, 3.05) is 26.3 Å². The average molecular weight is 349 g/mol. The molecule has 2 heterocycles. The zero-order chi connectivity index (χ0) is 18.2. The van der Waals surface area contributed by atoms with Crippen molar-refractivity contribution in [1.29, 1.82) is 0 Å². The van der Waals surface area contributed by atoms with Crippen LogP contribution < -0.4 is 5.32 Å². The van der Waals surface area contributed by atoms with Crippen molar-refractivity contribution in [2.24, 2.45) is 11.3 Å². The second kappa shape index (κ2) is 6.63. The summed E-state index contributed by atoms with van der Waals surface area (Å²) >= 11 is 0. The van der Waals surface area contributed by atoms with E-state index in [4.69, 9.17) is 9.26 Å². The molecular weight excluding hydrogens is 318 g/mol. The lowest BCUT2D eigenvalue weighted by atomic mass is 9.57. The van der Waals surface area contributed by atoms with E-state index in [1.807, 2.05) is 4.90 Å². The van der Waals surface area contributed by atoms with Crippen molar-refractivity contribution in [3.63, 3.8) is 0 Å². The van der Waals surface area contributed by atoms with Crippen molar-refractivity contribution < 1.29 is 14.1 Å². The average Bonchev–Trinajstić information content (AvgIpc) is 3.03. The van der Waals surface area contributed by atoms with Gasteiger partial charge in [0.05, 0.1) is 18.9 Å². The summed E-state index contributed by atoms with van der Waals surface area (Å²) in [6.07, 6.45) is 1.89. The molecule has 1 aliphatic carbocycles. The normalized spacial score (nSPS) is 26.2. The minimum absolute atomic E-state index is 0.0188. The molecule has 0 bridgehead atoms. The monoisotopic (exact) mass is 349 g/mol. The molecule has 3 rings (SSSR count). The number of urea groups is 1. The Morgan fingerprint density at radius 1 is 1.36 bits per heavy atom. The fraction of sp³-hybridized carbons (Fsp3) is 0.789. The second-order valence-corrected chi connectivity index (χ2v) is 8.99. The minimum Gasteiger partial charge on any atom is -0.378 e. The van der Waals surface area contributed by atoms with Crippen LogP contribution >= 0.6 is 0 Å². The van der Waals surface area contributed by atoms with Crippen LogP contribution in [-0.2, 0) is 16.6 Å². The second-order valence-electron chi connectivity index (χ2n) is 8.99. The molecule has 0 radical (unpaired) electrons. The predicted octanol–water partition coefficient (Wildman–Crippen LogP) is 2.97. The lowest BCUT2D eigenvalue weighted by Gasteiger charge is -2.52. The van der Waals surface area contributed by atoms with Crippen LogP contribution in [0.15, 0.2) is 10.6 Å². The van der Waals surface area contributed by atoms with Crippen molar-refractivity contribution in [3.8, 4) is 0 Å². The van der Waals surface area contributed by atoms with Crippen molar-refractivity contribution in [3.05, 3.63) is 17.5 Å². The molecule has 0 spiro atoms. The summed E-state index contributed by atoms with van der Waals surface area (Å²) < 4.78 is 10.8. The zero-order valence-corrected chi connectivity index (χ0v) is 16.1.